The van der Waals surface area contributed by atoms with Crippen molar-refractivity contribution in [3.63, 3.8) is 0 Å². The van der Waals surface area contributed by atoms with Gasteiger partial charge in [-0.25, -0.2) is 13.4 Å². The molecule has 3 aromatic carbocycles. The molecule has 1 atom stereocenters. The lowest BCUT2D eigenvalue weighted by Gasteiger charge is -2.19. The summed E-state index contributed by atoms with van der Waals surface area (Å²) < 4.78 is 31.4. The molecule has 4 rings (SSSR count). The van der Waals surface area contributed by atoms with Crippen molar-refractivity contribution in [2.45, 2.75) is 24.6 Å². The van der Waals surface area contributed by atoms with Crippen LogP contribution in [-0.2, 0) is 20.4 Å². The number of nitro benzene ring substituents is 1. The molecular formula is C27H26N4O7S. The van der Waals surface area contributed by atoms with Gasteiger partial charge in [-0.15, -0.1) is 0 Å². The average Bonchev–Trinajstić information content (AvgIpc) is 3.35. The summed E-state index contributed by atoms with van der Waals surface area (Å²) in [6.07, 6.45) is 0.292. The fraction of sp³-hybridized carbons (Fsp3) is 0.222. The zero-order chi connectivity index (χ0) is 27.8. The number of para-hydroxylation sites is 4. The van der Waals surface area contributed by atoms with E-state index in [0.29, 0.717) is 16.7 Å². The molecule has 0 aliphatic heterocycles. The second-order valence-corrected chi connectivity index (χ2v) is 10.9. The minimum Gasteiger partial charge on any atom is -0.434 e. The first-order valence-corrected chi connectivity index (χ1v) is 13.9. The zero-order valence-corrected chi connectivity index (χ0v) is 21.6. The molecule has 0 saturated heterocycles. The Labute approximate surface area is 224 Å². The van der Waals surface area contributed by atoms with Crippen LogP contribution in [0.5, 0.6) is 0 Å². The molecule has 0 saturated carbocycles. The van der Waals surface area contributed by atoms with Crippen LogP contribution >= 0.6 is 0 Å². The topological polar surface area (TPSA) is 162 Å². The molecule has 0 fully saturated rings. The van der Waals surface area contributed by atoms with Crippen molar-refractivity contribution < 1.29 is 27.3 Å². The minimum atomic E-state index is -3.79. The maximum absolute atomic E-state index is 13.1. The van der Waals surface area contributed by atoms with E-state index in [1.54, 1.807) is 60.7 Å². The third kappa shape index (κ3) is 7.48. The number of benzene rings is 3. The number of Topliss-reactive ketones (excluding diaryl/α,β-unsaturated/α-hetero) is 1. The number of hydrogen-bond acceptors (Lipinski definition) is 9. The number of oxazole rings is 1. The smallest absolute Gasteiger partial charge is 0.292 e. The fourth-order valence-corrected chi connectivity index (χ4v) is 5.51. The van der Waals surface area contributed by atoms with Crippen molar-refractivity contribution in [1.82, 2.24) is 10.3 Å². The number of carbonyl (C=O) groups excluding carboxylic acids is 2. The second-order valence-electron chi connectivity index (χ2n) is 8.82. The van der Waals surface area contributed by atoms with Crippen LogP contribution in [0, 0.1) is 10.1 Å². The van der Waals surface area contributed by atoms with Crippen molar-refractivity contribution in [3.05, 3.63) is 100 Å². The van der Waals surface area contributed by atoms with Gasteiger partial charge in [0.05, 0.1) is 16.4 Å². The number of carbonyl (C=O) groups is 2. The highest BCUT2D eigenvalue weighted by Crippen LogP contribution is 2.24. The maximum Gasteiger partial charge on any atom is 0.292 e. The number of rotatable bonds is 13. The Balaban J connectivity index is 1.41. The molecule has 0 radical (unpaired) electrons. The van der Waals surface area contributed by atoms with Gasteiger partial charge in [0, 0.05) is 19.0 Å². The summed E-state index contributed by atoms with van der Waals surface area (Å²) in [7, 11) is -3.79. The van der Waals surface area contributed by atoms with E-state index in [1.807, 2.05) is 0 Å². The van der Waals surface area contributed by atoms with Crippen LogP contribution < -0.4 is 10.6 Å². The standard InChI is InChI=1S/C27H26N4O7S/c32-24(27-30-21-12-5-7-15-25(21)38-27)14-8-16-28-26(33)22(29-20-11-4-6-13-23(20)31(34)35)18-39(36,37)17-19-9-2-1-3-10-19/h1-7,9-13,15,22,29H,8,14,16-18H2,(H,28,33)/t22-/m0/s1. The lowest BCUT2D eigenvalue weighted by Crippen LogP contribution is -2.44. The van der Waals surface area contributed by atoms with E-state index in [-0.39, 0.29) is 48.2 Å². The summed E-state index contributed by atoms with van der Waals surface area (Å²) in [5.41, 5.74) is 1.34. The molecule has 2 N–H and O–H groups in total. The molecular weight excluding hydrogens is 524 g/mol. The van der Waals surface area contributed by atoms with Gasteiger partial charge in [0.25, 0.3) is 11.6 Å². The van der Waals surface area contributed by atoms with Crippen molar-refractivity contribution in [2.24, 2.45) is 0 Å². The minimum absolute atomic E-state index is 0.0173. The molecule has 4 aromatic rings. The highest BCUT2D eigenvalue weighted by molar-refractivity contribution is 7.90. The summed E-state index contributed by atoms with van der Waals surface area (Å²) in [4.78, 5) is 40.5. The molecule has 0 aliphatic carbocycles. The molecule has 11 nitrogen and oxygen atoms in total. The van der Waals surface area contributed by atoms with E-state index in [9.17, 15) is 28.1 Å². The fourth-order valence-electron chi connectivity index (χ4n) is 3.95. The second kappa shape index (κ2) is 12.3. The van der Waals surface area contributed by atoms with Gasteiger partial charge in [-0.3, -0.25) is 19.7 Å². The summed E-state index contributed by atoms with van der Waals surface area (Å²) in [5.74, 6) is -1.92. The van der Waals surface area contributed by atoms with E-state index in [0.717, 1.165) is 0 Å². The van der Waals surface area contributed by atoms with Crippen LogP contribution in [0.3, 0.4) is 0 Å². The summed E-state index contributed by atoms with van der Waals surface area (Å²) in [5, 5.41) is 16.8. The van der Waals surface area contributed by atoms with Crippen LogP contribution in [0.2, 0.25) is 0 Å². The number of nitro groups is 1. The van der Waals surface area contributed by atoms with Crippen LogP contribution in [0.1, 0.15) is 29.1 Å². The summed E-state index contributed by atoms with van der Waals surface area (Å²) in [6, 6.07) is 19.9. The maximum atomic E-state index is 13.1. The number of ketones is 1. The first kappa shape index (κ1) is 27.5. The van der Waals surface area contributed by atoms with E-state index in [1.165, 1.54) is 18.2 Å². The highest BCUT2D eigenvalue weighted by atomic mass is 32.2. The third-order valence-corrected chi connectivity index (χ3v) is 7.42. The summed E-state index contributed by atoms with van der Waals surface area (Å²) >= 11 is 0. The molecule has 12 heteroatoms. The first-order valence-electron chi connectivity index (χ1n) is 12.1. The number of hydrogen-bond donors (Lipinski definition) is 2. The Morgan fingerprint density at radius 2 is 1.67 bits per heavy atom. The molecule has 1 amide bonds. The Kier molecular flexibility index (Phi) is 8.67. The Morgan fingerprint density at radius 1 is 0.974 bits per heavy atom. The number of anilines is 1. The van der Waals surface area contributed by atoms with Gasteiger partial charge in [0.2, 0.25) is 11.7 Å². The quantitative estimate of drug-likeness (QED) is 0.109. The molecule has 202 valence electrons. The number of sulfone groups is 1. The van der Waals surface area contributed by atoms with Gasteiger partial charge < -0.3 is 15.1 Å². The Morgan fingerprint density at radius 3 is 2.41 bits per heavy atom. The van der Waals surface area contributed by atoms with Gasteiger partial charge in [-0.1, -0.05) is 54.6 Å². The summed E-state index contributed by atoms with van der Waals surface area (Å²) in [6.45, 7) is 0.0681. The van der Waals surface area contributed by atoms with Crippen molar-refractivity contribution in [1.29, 1.82) is 0 Å². The van der Waals surface area contributed by atoms with Crippen LogP contribution in [0.4, 0.5) is 11.4 Å². The monoisotopic (exact) mass is 550 g/mol. The molecule has 0 spiro atoms. The van der Waals surface area contributed by atoms with Gasteiger partial charge in [0.1, 0.15) is 17.2 Å². The predicted molar refractivity (Wildman–Crippen MR) is 145 cm³/mol. The molecule has 0 bridgehead atoms. The number of nitrogens with zero attached hydrogens (tertiary/aromatic N) is 2. The molecule has 1 aromatic heterocycles. The van der Waals surface area contributed by atoms with E-state index < -0.39 is 32.5 Å². The number of fused-ring (bicyclic) bond motifs is 1. The van der Waals surface area contributed by atoms with Gasteiger partial charge in [-0.2, -0.15) is 0 Å². The van der Waals surface area contributed by atoms with Gasteiger partial charge >= 0.3 is 0 Å². The molecule has 1 heterocycles. The number of aromatic nitrogens is 1. The zero-order valence-electron chi connectivity index (χ0n) is 20.8. The van der Waals surface area contributed by atoms with Gasteiger partial charge in [-0.05, 0) is 30.2 Å². The molecule has 39 heavy (non-hydrogen) atoms. The Hall–Kier alpha value is -4.58. The lowest BCUT2D eigenvalue weighted by molar-refractivity contribution is -0.384. The van der Waals surface area contributed by atoms with E-state index in [4.69, 9.17) is 4.42 Å². The predicted octanol–water partition coefficient (Wildman–Crippen LogP) is 3.91. The Bertz CT molecular complexity index is 1550. The average molecular weight is 551 g/mol. The SMILES string of the molecule is O=C(CCCNC(=O)[C@H](CS(=O)(=O)Cc1ccccc1)Nc1ccccc1[N+](=O)[O-])c1nc2ccccc2o1. The van der Waals surface area contributed by atoms with E-state index >= 15 is 0 Å². The van der Waals surface area contributed by atoms with Crippen molar-refractivity contribution in [3.8, 4) is 0 Å². The number of amides is 1. The first-order chi connectivity index (χ1) is 18.7. The van der Waals surface area contributed by atoms with Crippen LogP contribution in [0.15, 0.2) is 83.3 Å². The van der Waals surface area contributed by atoms with Crippen molar-refractivity contribution in [2.75, 3.05) is 17.6 Å². The molecule has 0 aliphatic rings. The molecule has 0 unspecified atom stereocenters. The third-order valence-electron chi connectivity index (χ3n) is 5.81. The van der Waals surface area contributed by atoms with E-state index in [2.05, 4.69) is 15.6 Å². The van der Waals surface area contributed by atoms with Crippen molar-refractivity contribution >= 4 is 44.0 Å². The van der Waals surface area contributed by atoms with Crippen LogP contribution in [0.25, 0.3) is 11.1 Å². The van der Waals surface area contributed by atoms with Gasteiger partial charge in [0.15, 0.2) is 15.4 Å². The lowest BCUT2D eigenvalue weighted by atomic mass is 10.2. The number of nitrogens with one attached hydrogen (secondary N) is 2. The van der Waals surface area contributed by atoms with Crippen LogP contribution in [-0.4, -0.2) is 48.4 Å². The highest BCUT2D eigenvalue weighted by Gasteiger charge is 2.28. The normalized spacial score (nSPS) is 12.1. The largest absolute Gasteiger partial charge is 0.434 e.